The fourth-order valence-electron chi connectivity index (χ4n) is 2.44. The Bertz CT molecular complexity index is 476. The third-order valence-electron chi connectivity index (χ3n) is 3.97. The van der Waals surface area contributed by atoms with Gasteiger partial charge in [0.2, 0.25) is 0 Å². The molecule has 1 aromatic heterocycles. The Morgan fingerprint density at radius 3 is 2.76 bits per heavy atom. The van der Waals surface area contributed by atoms with Gasteiger partial charge in [0.25, 0.3) is 0 Å². The summed E-state index contributed by atoms with van der Waals surface area (Å²) < 4.78 is 5.99. The molecular weight excluding hydrogens is 260 g/mol. The van der Waals surface area contributed by atoms with Crippen molar-refractivity contribution in [2.45, 2.75) is 52.6 Å². The molecule has 0 bridgehead atoms. The van der Waals surface area contributed by atoms with E-state index in [1.54, 1.807) is 0 Å². The van der Waals surface area contributed by atoms with E-state index in [9.17, 15) is 0 Å². The molecule has 2 atom stereocenters. The van der Waals surface area contributed by atoms with Crippen LogP contribution in [0.4, 0.5) is 0 Å². The van der Waals surface area contributed by atoms with Crippen molar-refractivity contribution in [3.05, 3.63) is 36.2 Å². The Morgan fingerprint density at radius 2 is 2.05 bits per heavy atom. The number of aromatic nitrogens is 1. The number of rotatable bonds is 5. The van der Waals surface area contributed by atoms with E-state index in [0.717, 1.165) is 31.0 Å². The molecule has 3 heteroatoms. The third-order valence-corrected chi connectivity index (χ3v) is 3.97. The number of ether oxygens (including phenoxy) is 1. The van der Waals surface area contributed by atoms with Crippen molar-refractivity contribution in [1.82, 2.24) is 10.3 Å². The molecule has 0 amide bonds. The first-order valence-corrected chi connectivity index (χ1v) is 7.92. The van der Waals surface area contributed by atoms with Gasteiger partial charge in [-0.15, -0.1) is 0 Å². The maximum atomic E-state index is 5.99. The lowest BCUT2D eigenvalue weighted by molar-refractivity contribution is 0.198. The van der Waals surface area contributed by atoms with Gasteiger partial charge in [-0.1, -0.05) is 19.1 Å². The Hall–Kier alpha value is -1.35. The number of pyridine rings is 1. The van der Waals surface area contributed by atoms with Crippen LogP contribution in [0.5, 0.6) is 5.75 Å². The number of hydrogen-bond acceptors (Lipinski definition) is 3. The van der Waals surface area contributed by atoms with Crippen LogP contribution in [0.15, 0.2) is 30.5 Å². The molecule has 0 fully saturated rings. The van der Waals surface area contributed by atoms with Gasteiger partial charge in [-0.25, -0.2) is 0 Å². The van der Waals surface area contributed by atoms with E-state index < -0.39 is 0 Å². The predicted octanol–water partition coefficient (Wildman–Crippen LogP) is 3.95. The van der Waals surface area contributed by atoms with E-state index >= 15 is 0 Å². The highest BCUT2D eigenvalue weighted by molar-refractivity contribution is 5.22. The lowest BCUT2D eigenvalue weighted by atomic mass is 9.85. The Labute approximate surface area is 128 Å². The van der Waals surface area contributed by atoms with Crippen LogP contribution in [0, 0.1) is 11.8 Å². The minimum absolute atomic E-state index is 0.0996. The highest BCUT2D eigenvalue weighted by Crippen LogP contribution is 2.26. The Morgan fingerprint density at radius 1 is 1.29 bits per heavy atom. The molecule has 1 N–H and O–H groups in total. The second-order valence-electron chi connectivity index (χ2n) is 7.08. The summed E-state index contributed by atoms with van der Waals surface area (Å²) in [5.74, 6) is 2.26. The standard InChI is InChI=1S/C18H28N2O/c1-14-7-5-6-8-15(14)13-21-17-9-10-19-16(11-17)12-20-18(2,3)4/h5-6,9-11,14-15,20H,7-8,12-13H2,1-4H3. The summed E-state index contributed by atoms with van der Waals surface area (Å²) in [5, 5.41) is 3.45. The summed E-state index contributed by atoms with van der Waals surface area (Å²) in [5.41, 5.74) is 1.13. The van der Waals surface area contributed by atoms with Crippen molar-refractivity contribution in [3.8, 4) is 5.75 Å². The molecule has 2 unspecified atom stereocenters. The molecule has 0 saturated heterocycles. The average Bonchev–Trinajstić information content (AvgIpc) is 2.44. The molecule has 0 radical (unpaired) electrons. The largest absolute Gasteiger partial charge is 0.493 e. The zero-order valence-electron chi connectivity index (χ0n) is 13.7. The molecule has 1 aliphatic carbocycles. The van der Waals surface area contributed by atoms with Crippen LogP contribution in [0.1, 0.15) is 46.2 Å². The van der Waals surface area contributed by atoms with Crippen molar-refractivity contribution in [2.75, 3.05) is 6.61 Å². The molecule has 0 aromatic carbocycles. The number of allylic oxidation sites excluding steroid dienone is 2. The SMILES string of the molecule is CC1CC=CCC1COc1ccnc(CNC(C)(C)C)c1. The summed E-state index contributed by atoms with van der Waals surface area (Å²) in [6.45, 7) is 10.3. The maximum Gasteiger partial charge on any atom is 0.122 e. The molecule has 1 aromatic rings. The summed E-state index contributed by atoms with van der Waals surface area (Å²) in [6.07, 6.45) is 8.69. The van der Waals surface area contributed by atoms with E-state index in [-0.39, 0.29) is 5.54 Å². The van der Waals surface area contributed by atoms with E-state index in [1.165, 1.54) is 6.42 Å². The van der Waals surface area contributed by atoms with Crippen molar-refractivity contribution in [2.24, 2.45) is 11.8 Å². The van der Waals surface area contributed by atoms with Gasteiger partial charge in [0.1, 0.15) is 5.75 Å². The van der Waals surface area contributed by atoms with Crippen LogP contribution in [-0.4, -0.2) is 17.1 Å². The molecule has 1 heterocycles. The van der Waals surface area contributed by atoms with E-state index in [4.69, 9.17) is 4.74 Å². The first-order chi connectivity index (χ1) is 9.94. The van der Waals surface area contributed by atoms with Crippen LogP contribution >= 0.6 is 0 Å². The maximum absolute atomic E-state index is 5.99. The lowest BCUT2D eigenvalue weighted by Gasteiger charge is -2.25. The summed E-state index contributed by atoms with van der Waals surface area (Å²) >= 11 is 0. The summed E-state index contributed by atoms with van der Waals surface area (Å²) in [4.78, 5) is 4.40. The predicted molar refractivity (Wildman–Crippen MR) is 87.4 cm³/mol. The summed E-state index contributed by atoms with van der Waals surface area (Å²) in [7, 11) is 0. The van der Waals surface area contributed by atoms with Crippen LogP contribution in [0.3, 0.4) is 0 Å². The highest BCUT2D eigenvalue weighted by atomic mass is 16.5. The third kappa shape index (κ3) is 5.50. The lowest BCUT2D eigenvalue weighted by Crippen LogP contribution is -2.35. The first kappa shape index (κ1) is 16.0. The number of nitrogens with zero attached hydrogens (tertiary/aromatic N) is 1. The molecule has 0 spiro atoms. The minimum Gasteiger partial charge on any atom is -0.493 e. The monoisotopic (exact) mass is 288 g/mol. The van der Waals surface area contributed by atoms with Crippen LogP contribution in [-0.2, 0) is 6.54 Å². The topological polar surface area (TPSA) is 34.1 Å². The smallest absolute Gasteiger partial charge is 0.122 e. The van der Waals surface area contributed by atoms with Gasteiger partial charge < -0.3 is 10.1 Å². The minimum atomic E-state index is 0.0996. The molecule has 2 rings (SSSR count). The highest BCUT2D eigenvalue weighted by Gasteiger charge is 2.19. The molecule has 0 aliphatic heterocycles. The number of nitrogens with one attached hydrogen (secondary N) is 1. The van der Waals surface area contributed by atoms with Crippen LogP contribution in [0.2, 0.25) is 0 Å². The van der Waals surface area contributed by atoms with Gasteiger partial charge >= 0.3 is 0 Å². The first-order valence-electron chi connectivity index (χ1n) is 7.92. The van der Waals surface area contributed by atoms with E-state index in [1.807, 2.05) is 18.3 Å². The van der Waals surface area contributed by atoms with Gasteiger partial charge in [0.15, 0.2) is 0 Å². The fourth-order valence-corrected chi connectivity index (χ4v) is 2.44. The molecule has 1 aliphatic rings. The quantitative estimate of drug-likeness (QED) is 0.833. The van der Waals surface area contributed by atoms with Crippen molar-refractivity contribution >= 4 is 0 Å². The normalized spacial score (nSPS) is 22.3. The van der Waals surface area contributed by atoms with E-state index in [0.29, 0.717) is 11.8 Å². The number of hydrogen-bond donors (Lipinski definition) is 1. The average molecular weight is 288 g/mol. The fraction of sp³-hybridized carbons (Fsp3) is 0.611. The summed E-state index contributed by atoms with van der Waals surface area (Å²) in [6, 6.07) is 3.99. The second-order valence-corrected chi connectivity index (χ2v) is 7.08. The van der Waals surface area contributed by atoms with Gasteiger partial charge in [-0.3, -0.25) is 4.98 Å². The molecule has 21 heavy (non-hydrogen) atoms. The van der Waals surface area contributed by atoms with Crippen molar-refractivity contribution < 1.29 is 4.74 Å². The molecule has 116 valence electrons. The zero-order valence-corrected chi connectivity index (χ0v) is 13.7. The molecule has 0 saturated carbocycles. The van der Waals surface area contributed by atoms with Crippen LogP contribution < -0.4 is 10.1 Å². The van der Waals surface area contributed by atoms with Crippen molar-refractivity contribution in [3.63, 3.8) is 0 Å². The second kappa shape index (κ2) is 7.08. The Balaban J connectivity index is 1.87. The van der Waals surface area contributed by atoms with Gasteiger partial charge in [0, 0.05) is 24.3 Å². The van der Waals surface area contributed by atoms with Gasteiger partial charge in [-0.2, -0.15) is 0 Å². The van der Waals surface area contributed by atoms with Gasteiger partial charge in [-0.05, 0) is 51.5 Å². The Kier molecular flexibility index (Phi) is 5.40. The zero-order chi connectivity index (χ0) is 15.3. The van der Waals surface area contributed by atoms with Crippen LogP contribution in [0.25, 0.3) is 0 Å². The van der Waals surface area contributed by atoms with Crippen molar-refractivity contribution in [1.29, 1.82) is 0 Å². The van der Waals surface area contributed by atoms with E-state index in [2.05, 4.69) is 50.1 Å². The molecule has 3 nitrogen and oxygen atoms in total. The molecular formula is C18H28N2O. The van der Waals surface area contributed by atoms with Gasteiger partial charge in [0.05, 0.1) is 12.3 Å².